The third-order valence-electron chi connectivity index (χ3n) is 4.03. The maximum absolute atomic E-state index is 12.2. The van der Waals surface area contributed by atoms with E-state index >= 15 is 0 Å². The van der Waals surface area contributed by atoms with Gasteiger partial charge in [-0.3, -0.25) is 4.79 Å². The van der Waals surface area contributed by atoms with E-state index in [1.165, 1.54) is 6.26 Å². The predicted octanol–water partition coefficient (Wildman–Crippen LogP) is 2.08. The fraction of sp³-hybridized carbons (Fsp3) is 0.412. The molecule has 1 aromatic carbocycles. The first-order valence-corrected chi connectivity index (χ1v) is 7.84. The van der Waals surface area contributed by atoms with Gasteiger partial charge in [0.15, 0.2) is 11.6 Å². The first kappa shape index (κ1) is 15.6. The number of amides is 1. The standard InChI is InChI=1S/C17H21N3O3/c1-22-15-7-3-2-5-12(15)10-19-16(21)14-11-23-17(20-14)13-6-4-8-18-9-13/h2-3,5,7,11,13,18H,4,6,8-10H2,1H3,(H,19,21). The maximum atomic E-state index is 12.2. The monoisotopic (exact) mass is 315 g/mol. The minimum absolute atomic E-state index is 0.241. The molecule has 1 saturated heterocycles. The Morgan fingerprint density at radius 1 is 1.48 bits per heavy atom. The lowest BCUT2D eigenvalue weighted by Gasteiger charge is -2.19. The van der Waals surface area contributed by atoms with Crippen LogP contribution in [0.25, 0.3) is 0 Å². The number of carbonyl (C=O) groups is 1. The van der Waals surface area contributed by atoms with Crippen molar-refractivity contribution in [1.82, 2.24) is 15.6 Å². The van der Waals surface area contributed by atoms with Gasteiger partial charge in [-0.15, -0.1) is 0 Å². The van der Waals surface area contributed by atoms with Crippen molar-refractivity contribution in [3.63, 3.8) is 0 Å². The van der Waals surface area contributed by atoms with Crippen molar-refractivity contribution < 1.29 is 13.9 Å². The van der Waals surface area contributed by atoms with E-state index in [0.717, 1.165) is 37.2 Å². The van der Waals surface area contributed by atoms with Crippen molar-refractivity contribution in [1.29, 1.82) is 0 Å². The van der Waals surface area contributed by atoms with Gasteiger partial charge in [0.05, 0.1) is 7.11 Å². The molecule has 1 aromatic heterocycles. The van der Waals surface area contributed by atoms with Crippen LogP contribution in [0.15, 0.2) is 34.9 Å². The number of oxazole rings is 1. The SMILES string of the molecule is COc1ccccc1CNC(=O)c1coc(C2CCCNC2)n1. The molecule has 6 heteroatoms. The summed E-state index contributed by atoms with van der Waals surface area (Å²) in [5, 5.41) is 6.17. The first-order chi connectivity index (χ1) is 11.3. The summed E-state index contributed by atoms with van der Waals surface area (Å²) >= 11 is 0. The Morgan fingerprint density at radius 3 is 3.13 bits per heavy atom. The second kappa shape index (κ2) is 7.28. The Balaban J connectivity index is 1.61. The molecule has 1 atom stereocenters. The number of hydrogen-bond acceptors (Lipinski definition) is 5. The second-order valence-corrected chi connectivity index (χ2v) is 5.61. The third-order valence-corrected chi connectivity index (χ3v) is 4.03. The molecule has 0 aliphatic carbocycles. The van der Waals surface area contributed by atoms with Gasteiger partial charge in [0, 0.05) is 24.6 Å². The highest BCUT2D eigenvalue weighted by Gasteiger charge is 2.22. The molecule has 2 N–H and O–H groups in total. The van der Waals surface area contributed by atoms with Crippen molar-refractivity contribution in [3.8, 4) is 5.75 Å². The van der Waals surface area contributed by atoms with E-state index in [2.05, 4.69) is 15.6 Å². The Hall–Kier alpha value is -2.34. The molecule has 1 unspecified atom stereocenters. The van der Waals surface area contributed by atoms with Gasteiger partial charge in [-0.05, 0) is 25.5 Å². The zero-order valence-corrected chi connectivity index (χ0v) is 13.2. The highest BCUT2D eigenvalue weighted by Crippen LogP contribution is 2.22. The summed E-state index contributed by atoms with van der Waals surface area (Å²) in [6.45, 7) is 2.27. The van der Waals surface area contributed by atoms with Gasteiger partial charge >= 0.3 is 0 Å². The first-order valence-electron chi connectivity index (χ1n) is 7.84. The summed E-state index contributed by atoms with van der Waals surface area (Å²) in [5.41, 5.74) is 1.24. The number of para-hydroxylation sites is 1. The zero-order chi connectivity index (χ0) is 16.1. The van der Waals surface area contributed by atoms with Gasteiger partial charge in [0.2, 0.25) is 0 Å². The van der Waals surface area contributed by atoms with Gasteiger partial charge in [-0.1, -0.05) is 18.2 Å². The molecule has 0 bridgehead atoms. The van der Waals surface area contributed by atoms with E-state index in [4.69, 9.17) is 9.15 Å². The summed E-state index contributed by atoms with van der Waals surface area (Å²) in [6.07, 6.45) is 3.57. The molecule has 23 heavy (non-hydrogen) atoms. The lowest BCUT2D eigenvalue weighted by atomic mass is 10.00. The van der Waals surface area contributed by atoms with Crippen LogP contribution in [0.2, 0.25) is 0 Å². The summed E-state index contributed by atoms with van der Waals surface area (Å²) in [5.74, 6) is 1.40. The number of nitrogens with zero attached hydrogens (tertiary/aromatic N) is 1. The van der Waals surface area contributed by atoms with Crippen LogP contribution in [0.3, 0.4) is 0 Å². The quantitative estimate of drug-likeness (QED) is 0.883. The van der Waals surface area contributed by atoms with E-state index in [1.807, 2.05) is 24.3 Å². The normalized spacial score (nSPS) is 17.7. The predicted molar refractivity (Wildman–Crippen MR) is 85.5 cm³/mol. The van der Waals surface area contributed by atoms with Crippen molar-refractivity contribution in [2.75, 3.05) is 20.2 Å². The number of nitrogens with one attached hydrogen (secondary N) is 2. The molecule has 6 nitrogen and oxygen atoms in total. The third kappa shape index (κ3) is 3.71. The average Bonchev–Trinajstić information content (AvgIpc) is 3.11. The number of piperidine rings is 1. The van der Waals surface area contributed by atoms with E-state index < -0.39 is 0 Å². The van der Waals surface area contributed by atoms with Gasteiger partial charge in [0.1, 0.15) is 12.0 Å². The summed E-state index contributed by atoms with van der Waals surface area (Å²) in [4.78, 5) is 16.6. The average molecular weight is 315 g/mol. The van der Waals surface area contributed by atoms with Crippen molar-refractivity contribution in [2.45, 2.75) is 25.3 Å². The Kier molecular flexibility index (Phi) is 4.92. The highest BCUT2D eigenvalue weighted by atomic mass is 16.5. The van der Waals surface area contributed by atoms with Crippen LogP contribution in [0.1, 0.15) is 40.7 Å². The zero-order valence-electron chi connectivity index (χ0n) is 13.2. The fourth-order valence-corrected chi connectivity index (χ4v) is 2.76. The van der Waals surface area contributed by atoms with Crippen LogP contribution in [0.4, 0.5) is 0 Å². The van der Waals surface area contributed by atoms with Crippen LogP contribution in [-0.2, 0) is 6.54 Å². The molecule has 1 fully saturated rings. The van der Waals surface area contributed by atoms with Gasteiger partial charge < -0.3 is 19.8 Å². The van der Waals surface area contributed by atoms with Crippen LogP contribution in [0.5, 0.6) is 5.75 Å². The van der Waals surface area contributed by atoms with Gasteiger partial charge in [-0.25, -0.2) is 4.98 Å². The van der Waals surface area contributed by atoms with Crippen LogP contribution in [0, 0.1) is 0 Å². The Labute approximate surface area is 135 Å². The highest BCUT2D eigenvalue weighted by molar-refractivity contribution is 5.91. The number of methoxy groups -OCH3 is 1. The van der Waals surface area contributed by atoms with Crippen LogP contribution in [-0.4, -0.2) is 31.1 Å². The topological polar surface area (TPSA) is 76.4 Å². The summed E-state index contributed by atoms with van der Waals surface area (Å²) < 4.78 is 10.8. The molecule has 2 heterocycles. The molecule has 1 aliphatic rings. The smallest absolute Gasteiger partial charge is 0.273 e. The van der Waals surface area contributed by atoms with E-state index in [9.17, 15) is 4.79 Å². The minimum Gasteiger partial charge on any atom is -0.496 e. The van der Waals surface area contributed by atoms with Gasteiger partial charge in [-0.2, -0.15) is 0 Å². The van der Waals surface area contributed by atoms with E-state index in [1.54, 1.807) is 7.11 Å². The number of benzene rings is 1. The molecule has 0 saturated carbocycles. The fourth-order valence-electron chi connectivity index (χ4n) is 2.76. The number of carbonyl (C=O) groups excluding carboxylic acids is 1. The Bertz CT molecular complexity index is 663. The molecular weight excluding hydrogens is 294 g/mol. The van der Waals surface area contributed by atoms with Crippen LogP contribution >= 0.6 is 0 Å². The lowest BCUT2D eigenvalue weighted by molar-refractivity contribution is 0.0945. The molecule has 0 spiro atoms. The van der Waals surface area contributed by atoms with Crippen molar-refractivity contribution in [3.05, 3.63) is 47.7 Å². The van der Waals surface area contributed by atoms with Crippen molar-refractivity contribution >= 4 is 5.91 Å². The lowest BCUT2D eigenvalue weighted by Crippen LogP contribution is -2.28. The molecule has 1 aliphatic heterocycles. The molecule has 122 valence electrons. The van der Waals surface area contributed by atoms with E-state index in [-0.39, 0.29) is 11.8 Å². The number of rotatable bonds is 5. The van der Waals surface area contributed by atoms with Crippen molar-refractivity contribution in [2.24, 2.45) is 0 Å². The molecular formula is C17H21N3O3. The molecule has 3 rings (SSSR count). The van der Waals surface area contributed by atoms with Gasteiger partial charge in [0.25, 0.3) is 5.91 Å². The Morgan fingerprint density at radius 2 is 2.35 bits per heavy atom. The summed E-state index contributed by atoms with van der Waals surface area (Å²) in [7, 11) is 1.61. The van der Waals surface area contributed by atoms with Crippen LogP contribution < -0.4 is 15.4 Å². The molecule has 0 radical (unpaired) electrons. The molecule has 1 amide bonds. The number of hydrogen-bond donors (Lipinski definition) is 2. The number of ether oxygens (including phenoxy) is 1. The summed E-state index contributed by atoms with van der Waals surface area (Å²) in [6, 6.07) is 7.59. The minimum atomic E-state index is -0.241. The number of aromatic nitrogens is 1. The molecule has 2 aromatic rings. The second-order valence-electron chi connectivity index (χ2n) is 5.61. The largest absolute Gasteiger partial charge is 0.496 e. The van der Waals surface area contributed by atoms with E-state index in [0.29, 0.717) is 18.1 Å². The maximum Gasteiger partial charge on any atom is 0.273 e.